The Hall–Kier alpha value is -1.93. The first kappa shape index (κ1) is 12.1. The van der Waals surface area contributed by atoms with Crippen LogP contribution in [0.5, 0.6) is 0 Å². The van der Waals surface area contributed by atoms with Gasteiger partial charge in [-0.25, -0.2) is 9.97 Å². The van der Waals surface area contributed by atoms with E-state index in [2.05, 4.69) is 22.1 Å². The van der Waals surface area contributed by atoms with Gasteiger partial charge in [-0.2, -0.15) is 0 Å². The molecule has 0 aliphatic heterocycles. The van der Waals surface area contributed by atoms with Gasteiger partial charge in [0.1, 0.15) is 11.0 Å². The van der Waals surface area contributed by atoms with E-state index in [1.807, 2.05) is 42.5 Å². The van der Waals surface area contributed by atoms with Gasteiger partial charge in [-0.1, -0.05) is 54.1 Å². The van der Waals surface area contributed by atoms with E-state index in [1.165, 1.54) is 5.56 Å². The van der Waals surface area contributed by atoms with Crippen molar-refractivity contribution in [2.45, 2.75) is 12.8 Å². The average molecular weight is 269 g/mol. The Kier molecular flexibility index (Phi) is 3.43. The van der Waals surface area contributed by atoms with Crippen LogP contribution in [0.15, 0.2) is 54.6 Å². The van der Waals surface area contributed by atoms with E-state index in [0.717, 1.165) is 29.6 Å². The van der Waals surface area contributed by atoms with Gasteiger partial charge in [0.2, 0.25) is 0 Å². The largest absolute Gasteiger partial charge is 0.233 e. The Morgan fingerprint density at radius 1 is 0.789 bits per heavy atom. The fourth-order valence-electron chi connectivity index (χ4n) is 2.10. The highest BCUT2D eigenvalue weighted by molar-refractivity contribution is 6.34. The van der Waals surface area contributed by atoms with Crippen LogP contribution < -0.4 is 0 Å². The summed E-state index contributed by atoms with van der Waals surface area (Å²) in [4.78, 5) is 8.93. The van der Waals surface area contributed by atoms with Crippen molar-refractivity contribution in [2.75, 3.05) is 0 Å². The fraction of sp³-hybridized carbons (Fsp3) is 0.125. The maximum Gasteiger partial charge on any atom is 0.140 e. The summed E-state index contributed by atoms with van der Waals surface area (Å²) < 4.78 is 0. The lowest BCUT2D eigenvalue weighted by atomic mass is 10.1. The van der Waals surface area contributed by atoms with E-state index < -0.39 is 0 Å². The van der Waals surface area contributed by atoms with Crippen molar-refractivity contribution < 1.29 is 0 Å². The van der Waals surface area contributed by atoms with Crippen molar-refractivity contribution in [2.24, 2.45) is 0 Å². The van der Waals surface area contributed by atoms with Crippen LogP contribution in [0.25, 0.3) is 10.9 Å². The van der Waals surface area contributed by atoms with Gasteiger partial charge < -0.3 is 0 Å². The van der Waals surface area contributed by atoms with Gasteiger partial charge in [0.15, 0.2) is 0 Å². The van der Waals surface area contributed by atoms with Gasteiger partial charge in [-0.05, 0) is 24.1 Å². The number of aryl methyl sites for hydroxylation is 2. The maximum absolute atomic E-state index is 6.19. The predicted molar refractivity (Wildman–Crippen MR) is 78.4 cm³/mol. The molecule has 1 aromatic heterocycles. The first-order chi connectivity index (χ1) is 9.33. The van der Waals surface area contributed by atoms with Gasteiger partial charge >= 0.3 is 0 Å². The molecule has 94 valence electrons. The van der Waals surface area contributed by atoms with Crippen molar-refractivity contribution >= 4 is 22.5 Å². The van der Waals surface area contributed by atoms with E-state index in [0.29, 0.717) is 5.15 Å². The Bertz CT molecular complexity index is 695. The SMILES string of the molecule is Clc1nc(CCc2ccccc2)nc2ccccc12. The summed E-state index contributed by atoms with van der Waals surface area (Å²) in [6.07, 6.45) is 1.73. The van der Waals surface area contributed by atoms with Crippen LogP contribution in [0.2, 0.25) is 5.15 Å². The third kappa shape index (κ3) is 2.74. The fourth-order valence-corrected chi connectivity index (χ4v) is 2.35. The number of hydrogen-bond acceptors (Lipinski definition) is 2. The summed E-state index contributed by atoms with van der Waals surface area (Å²) in [7, 11) is 0. The molecule has 3 heteroatoms. The minimum atomic E-state index is 0.536. The zero-order valence-corrected chi connectivity index (χ0v) is 11.1. The molecule has 1 heterocycles. The third-order valence-corrected chi connectivity index (χ3v) is 3.37. The van der Waals surface area contributed by atoms with Crippen LogP contribution in [0, 0.1) is 0 Å². The molecule has 2 aromatic carbocycles. The summed E-state index contributed by atoms with van der Waals surface area (Å²) >= 11 is 6.19. The quantitative estimate of drug-likeness (QED) is 0.669. The second kappa shape index (κ2) is 5.37. The van der Waals surface area contributed by atoms with Crippen LogP contribution in [0.1, 0.15) is 11.4 Å². The van der Waals surface area contributed by atoms with Gasteiger partial charge in [-0.3, -0.25) is 0 Å². The molecule has 0 N–H and O–H groups in total. The number of fused-ring (bicyclic) bond motifs is 1. The molecule has 19 heavy (non-hydrogen) atoms. The normalized spacial score (nSPS) is 10.8. The molecule has 0 amide bonds. The molecule has 0 aliphatic carbocycles. The molecule has 0 aliphatic rings. The van der Waals surface area contributed by atoms with Crippen molar-refractivity contribution in [3.05, 3.63) is 71.1 Å². The molecule has 2 nitrogen and oxygen atoms in total. The first-order valence-corrected chi connectivity index (χ1v) is 6.66. The Labute approximate surface area is 117 Å². The van der Waals surface area contributed by atoms with Crippen molar-refractivity contribution in [1.29, 1.82) is 0 Å². The number of halogens is 1. The molecular weight excluding hydrogens is 256 g/mol. The highest BCUT2D eigenvalue weighted by Crippen LogP contribution is 2.20. The summed E-state index contributed by atoms with van der Waals surface area (Å²) in [6.45, 7) is 0. The van der Waals surface area contributed by atoms with E-state index in [-0.39, 0.29) is 0 Å². The van der Waals surface area contributed by atoms with Gasteiger partial charge in [0.05, 0.1) is 5.52 Å². The molecule has 0 fully saturated rings. The second-order valence-electron chi connectivity index (χ2n) is 4.43. The van der Waals surface area contributed by atoms with E-state index in [1.54, 1.807) is 0 Å². The van der Waals surface area contributed by atoms with Crippen LogP contribution >= 0.6 is 11.6 Å². The number of nitrogens with zero attached hydrogens (tertiary/aromatic N) is 2. The minimum absolute atomic E-state index is 0.536. The lowest BCUT2D eigenvalue weighted by Crippen LogP contribution is -1.99. The molecular formula is C16H13ClN2. The lowest BCUT2D eigenvalue weighted by Gasteiger charge is -2.04. The highest BCUT2D eigenvalue weighted by atomic mass is 35.5. The van der Waals surface area contributed by atoms with E-state index >= 15 is 0 Å². The Morgan fingerprint density at radius 2 is 1.53 bits per heavy atom. The lowest BCUT2D eigenvalue weighted by molar-refractivity contribution is 0.870. The molecule has 3 aromatic rings. The summed E-state index contributed by atoms with van der Waals surface area (Å²) in [5, 5.41) is 1.45. The molecule has 0 unspecified atom stereocenters. The number of benzene rings is 2. The number of rotatable bonds is 3. The molecule has 0 radical (unpaired) electrons. The van der Waals surface area contributed by atoms with Gasteiger partial charge in [0, 0.05) is 11.8 Å². The van der Waals surface area contributed by atoms with Crippen molar-refractivity contribution in [3.8, 4) is 0 Å². The molecule has 0 saturated heterocycles. The number of hydrogen-bond donors (Lipinski definition) is 0. The zero-order valence-electron chi connectivity index (χ0n) is 10.4. The monoisotopic (exact) mass is 268 g/mol. The second-order valence-corrected chi connectivity index (χ2v) is 4.79. The number of aromatic nitrogens is 2. The molecule has 3 rings (SSSR count). The van der Waals surface area contributed by atoms with Gasteiger partial charge in [0.25, 0.3) is 0 Å². The van der Waals surface area contributed by atoms with Crippen LogP contribution in [-0.2, 0) is 12.8 Å². The summed E-state index contributed by atoms with van der Waals surface area (Å²) in [6, 6.07) is 18.2. The van der Waals surface area contributed by atoms with Crippen molar-refractivity contribution in [1.82, 2.24) is 9.97 Å². The molecule has 0 saturated carbocycles. The zero-order chi connectivity index (χ0) is 13.1. The van der Waals surface area contributed by atoms with Crippen LogP contribution in [0.3, 0.4) is 0 Å². The maximum atomic E-state index is 6.19. The van der Waals surface area contributed by atoms with Crippen LogP contribution in [-0.4, -0.2) is 9.97 Å². The molecule has 0 bridgehead atoms. The predicted octanol–water partition coefficient (Wildman–Crippen LogP) is 4.07. The smallest absolute Gasteiger partial charge is 0.140 e. The van der Waals surface area contributed by atoms with E-state index in [9.17, 15) is 0 Å². The standard InChI is InChI=1S/C16H13ClN2/c17-16-13-8-4-5-9-14(13)18-15(19-16)11-10-12-6-2-1-3-7-12/h1-9H,10-11H2. The molecule has 0 spiro atoms. The Morgan fingerprint density at radius 3 is 2.37 bits per heavy atom. The third-order valence-electron chi connectivity index (χ3n) is 3.08. The van der Waals surface area contributed by atoms with Gasteiger partial charge in [-0.15, -0.1) is 0 Å². The summed E-state index contributed by atoms with van der Waals surface area (Å²) in [5.41, 5.74) is 2.20. The van der Waals surface area contributed by atoms with E-state index in [4.69, 9.17) is 11.6 Å². The van der Waals surface area contributed by atoms with Crippen molar-refractivity contribution in [3.63, 3.8) is 0 Å². The van der Waals surface area contributed by atoms with Crippen LogP contribution in [0.4, 0.5) is 0 Å². The Balaban J connectivity index is 1.85. The minimum Gasteiger partial charge on any atom is -0.233 e. The summed E-state index contributed by atoms with van der Waals surface area (Å²) in [5.74, 6) is 0.799. The topological polar surface area (TPSA) is 25.8 Å². The highest BCUT2D eigenvalue weighted by Gasteiger charge is 2.05. The average Bonchev–Trinajstić information content (AvgIpc) is 2.46. The first-order valence-electron chi connectivity index (χ1n) is 6.28. The number of para-hydroxylation sites is 1. The molecule has 0 atom stereocenters.